The van der Waals surface area contributed by atoms with Gasteiger partial charge in [0.05, 0.1) is 24.3 Å². The summed E-state index contributed by atoms with van der Waals surface area (Å²) < 4.78 is 15.8. The second-order valence-corrected chi connectivity index (χ2v) is 7.86. The van der Waals surface area contributed by atoms with Crippen LogP contribution in [0, 0.1) is 16.0 Å². The number of esters is 1. The Labute approximate surface area is 202 Å². The molecule has 188 valence electrons. The summed E-state index contributed by atoms with van der Waals surface area (Å²) in [5.41, 5.74) is 0.136. The number of hydrogen-bond acceptors (Lipinski definition) is 8. The number of carbonyl (C=O) groups is 3. The van der Waals surface area contributed by atoms with Crippen LogP contribution in [0.2, 0.25) is 0 Å². The quantitative estimate of drug-likeness (QED) is 0.279. The van der Waals surface area contributed by atoms with Crippen molar-refractivity contribution in [2.75, 3.05) is 19.0 Å². The van der Waals surface area contributed by atoms with Gasteiger partial charge in [-0.3, -0.25) is 19.7 Å². The summed E-state index contributed by atoms with van der Waals surface area (Å²) in [6.07, 6.45) is -1.25. The Hall–Kier alpha value is -4.15. The second-order valence-electron chi connectivity index (χ2n) is 7.86. The molecule has 11 heteroatoms. The molecule has 0 aliphatic heterocycles. The van der Waals surface area contributed by atoms with Crippen LogP contribution in [0.1, 0.15) is 38.1 Å². The molecule has 0 saturated carbocycles. The van der Waals surface area contributed by atoms with Crippen molar-refractivity contribution in [1.29, 1.82) is 0 Å². The fourth-order valence-electron chi connectivity index (χ4n) is 3.03. The third-order valence-electron chi connectivity index (χ3n) is 4.95. The zero-order valence-electron chi connectivity index (χ0n) is 20.2. The highest BCUT2D eigenvalue weighted by molar-refractivity contribution is 5.99. The summed E-state index contributed by atoms with van der Waals surface area (Å²) in [5.74, 6) is -1.52. The van der Waals surface area contributed by atoms with Gasteiger partial charge in [0.1, 0.15) is 17.5 Å². The number of methoxy groups -OCH3 is 1. The predicted molar refractivity (Wildman–Crippen MR) is 128 cm³/mol. The number of ether oxygens (including phenoxy) is 3. The van der Waals surface area contributed by atoms with Gasteiger partial charge in [-0.25, -0.2) is 4.79 Å². The van der Waals surface area contributed by atoms with E-state index in [2.05, 4.69) is 10.6 Å². The fraction of sp³-hybridized carbons (Fsp3) is 0.375. The molecule has 0 saturated heterocycles. The van der Waals surface area contributed by atoms with Crippen LogP contribution in [-0.2, 0) is 14.3 Å². The summed E-state index contributed by atoms with van der Waals surface area (Å²) >= 11 is 0. The molecule has 2 atom stereocenters. The molecular weight excluding hydrogens is 458 g/mol. The summed E-state index contributed by atoms with van der Waals surface area (Å²) in [5, 5.41) is 16.1. The van der Waals surface area contributed by atoms with Crippen molar-refractivity contribution in [3.8, 4) is 11.5 Å². The van der Waals surface area contributed by atoms with Crippen molar-refractivity contribution in [3.63, 3.8) is 0 Å². The molecule has 35 heavy (non-hydrogen) atoms. The van der Waals surface area contributed by atoms with Gasteiger partial charge in [-0.15, -0.1) is 0 Å². The van der Waals surface area contributed by atoms with E-state index in [0.29, 0.717) is 17.9 Å². The number of benzene rings is 2. The van der Waals surface area contributed by atoms with Crippen molar-refractivity contribution < 1.29 is 33.5 Å². The van der Waals surface area contributed by atoms with E-state index in [-0.39, 0.29) is 23.0 Å². The van der Waals surface area contributed by atoms with Gasteiger partial charge < -0.3 is 24.8 Å². The molecule has 0 aliphatic carbocycles. The Balaban J connectivity index is 2.06. The van der Waals surface area contributed by atoms with Crippen LogP contribution in [0.25, 0.3) is 0 Å². The number of anilines is 1. The van der Waals surface area contributed by atoms with Crippen molar-refractivity contribution >= 4 is 29.2 Å². The SMILES string of the molecule is CCOc1ccc(C(=O)NC(C(=O)OC(C)C(=O)Nc2cc([N+](=O)[O-])ccc2OC)C(C)C)cc1. The maximum absolute atomic E-state index is 12.8. The number of carbonyl (C=O) groups excluding carboxylic acids is 3. The molecule has 0 bridgehead atoms. The largest absolute Gasteiger partial charge is 0.495 e. The molecule has 2 aromatic carbocycles. The maximum Gasteiger partial charge on any atom is 0.329 e. The zero-order valence-corrected chi connectivity index (χ0v) is 20.2. The molecule has 0 aliphatic rings. The van der Waals surface area contributed by atoms with E-state index in [4.69, 9.17) is 14.2 Å². The number of nitro benzene ring substituents is 1. The lowest BCUT2D eigenvalue weighted by Gasteiger charge is -2.23. The average molecular weight is 488 g/mol. The number of hydrogen-bond donors (Lipinski definition) is 2. The van der Waals surface area contributed by atoms with E-state index in [1.165, 1.54) is 26.2 Å². The molecule has 0 aromatic heterocycles. The second kappa shape index (κ2) is 12.4. The van der Waals surface area contributed by atoms with E-state index in [0.717, 1.165) is 6.07 Å². The molecule has 0 heterocycles. The van der Waals surface area contributed by atoms with Crippen LogP contribution in [0.4, 0.5) is 11.4 Å². The normalized spacial score (nSPS) is 12.3. The van der Waals surface area contributed by atoms with Gasteiger partial charge >= 0.3 is 5.97 Å². The first-order chi connectivity index (χ1) is 16.6. The number of nitrogens with zero attached hydrogens (tertiary/aromatic N) is 1. The molecule has 0 fully saturated rings. The highest BCUT2D eigenvalue weighted by Crippen LogP contribution is 2.29. The Bertz CT molecular complexity index is 1070. The van der Waals surface area contributed by atoms with E-state index < -0.39 is 34.9 Å². The number of amides is 2. The molecule has 2 N–H and O–H groups in total. The lowest BCUT2D eigenvalue weighted by molar-refractivity contribution is -0.384. The predicted octanol–water partition coefficient (Wildman–Crippen LogP) is 3.33. The standard InChI is InChI=1S/C24H29N3O8/c1-6-34-18-10-7-16(8-11-18)23(29)26-21(14(2)3)24(30)35-15(4)22(28)25-19-13-17(27(31)32)9-12-20(19)33-5/h7-15,21H,6H2,1-5H3,(H,25,28)(H,26,29). The monoisotopic (exact) mass is 487 g/mol. The lowest BCUT2D eigenvalue weighted by Crippen LogP contribution is -2.47. The first kappa shape index (κ1) is 27.1. The topological polar surface area (TPSA) is 146 Å². The van der Waals surface area contributed by atoms with E-state index in [1.807, 2.05) is 6.92 Å². The van der Waals surface area contributed by atoms with Gasteiger partial charge in [-0.2, -0.15) is 0 Å². The summed E-state index contributed by atoms with van der Waals surface area (Å²) in [7, 11) is 1.35. The molecule has 2 aromatic rings. The number of nitrogens with one attached hydrogen (secondary N) is 2. The summed E-state index contributed by atoms with van der Waals surface area (Å²) in [6, 6.07) is 9.15. The van der Waals surface area contributed by atoms with Crippen LogP contribution < -0.4 is 20.1 Å². The lowest BCUT2D eigenvalue weighted by atomic mass is 10.0. The maximum atomic E-state index is 12.8. The van der Waals surface area contributed by atoms with Crippen LogP contribution in [-0.4, -0.2) is 48.6 Å². The van der Waals surface area contributed by atoms with E-state index >= 15 is 0 Å². The van der Waals surface area contributed by atoms with Crippen LogP contribution in [0.5, 0.6) is 11.5 Å². The first-order valence-electron chi connectivity index (χ1n) is 10.9. The third kappa shape index (κ3) is 7.42. The fourth-order valence-corrected chi connectivity index (χ4v) is 3.03. The van der Waals surface area contributed by atoms with E-state index in [9.17, 15) is 24.5 Å². The van der Waals surface area contributed by atoms with Crippen molar-refractivity contribution in [2.24, 2.45) is 5.92 Å². The van der Waals surface area contributed by atoms with Crippen LogP contribution in [0.3, 0.4) is 0 Å². The van der Waals surface area contributed by atoms with E-state index in [1.54, 1.807) is 38.1 Å². The van der Waals surface area contributed by atoms with Gasteiger partial charge in [0.2, 0.25) is 0 Å². The van der Waals surface area contributed by atoms with Gasteiger partial charge in [-0.05, 0) is 50.1 Å². The van der Waals surface area contributed by atoms with Gasteiger partial charge in [0.25, 0.3) is 17.5 Å². The minimum Gasteiger partial charge on any atom is -0.495 e. The van der Waals surface area contributed by atoms with Crippen LogP contribution >= 0.6 is 0 Å². The van der Waals surface area contributed by atoms with Gasteiger partial charge in [-0.1, -0.05) is 13.8 Å². The number of non-ortho nitro benzene ring substituents is 1. The number of nitro groups is 1. The van der Waals surface area contributed by atoms with Gasteiger partial charge in [0, 0.05) is 17.7 Å². The smallest absolute Gasteiger partial charge is 0.329 e. The highest BCUT2D eigenvalue weighted by Gasteiger charge is 2.29. The molecule has 2 amide bonds. The van der Waals surface area contributed by atoms with Crippen molar-refractivity contribution in [2.45, 2.75) is 39.8 Å². The van der Waals surface area contributed by atoms with Crippen LogP contribution in [0.15, 0.2) is 42.5 Å². The Morgan fingerprint density at radius 1 is 1.06 bits per heavy atom. The Morgan fingerprint density at radius 2 is 1.71 bits per heavy atom. The molecular formula is C24H29N3O8. The molecule has 0 spiro atoms. The zero-order chi connectivity index (χ0) is 26.1. The molecule has 0 radical (unpaired) electrons. The minimum atomic E-state index is -1.25. The van der Waals surface area contributed by atoms with Crippen molar-refractivity contribution in [3.05, 3.63) is 58.1 Å². The Morgan fingerprint density at radius 3 is 2.26 bits per heavy atom. The highest BCUT2D eigenvalue weighted by atomic mass is 16.6. The Kier molecular flexibility index (Phi) is 9.56. The van der Waals surface area contributed by atoms with Crippen molar-refractivity contribution in [1.82, 2.24) is 5.32 Å². The van der Waals surface area contributed by atoms with Gasteiger partial charge in [0.15, 0.2) is 6.10 Å². The minimum absolute atomic E-state index is 0.0545. The molecule has 11 nitrogen and oxygen atoms in total. The summed E-state index contributed by atoms with van der Waals surface area (Å²) in [6.45, 7) is 7.14. The molecule has 2 unspecified atom stereocenters. The average Bonchev–Trinajstić information content (AvgIpc) is 2.82. The molecule has 2 rings (SSSR count). The summed E-state index contributed by atoms with van der Waals surface area (Å²) in [4.78, 5) is 48.4. The number of rotatable bonds is 11. The third-order valence-corrected chi connectivity index (χ3v) is 4.95. The first-order valence-corrected chi connectivity index (χ1v) is 10.9.